The number of allylic oxidation sites excluding steroid dienone is 1. The number of amides is 1. The average molecular weight is 377 g/mol. The Kier molecular flexibility index (Phi) is 6.51. The SMILES string of the molecule is CCC(C)=C(Nc1nc(=O)ccn1C)N1CCN(C(=O)OC(C)(C)C)CC1. The van der Waals surface area contributed by atoms with Crippen LogP contribution in [0.4, 0.5) is 10.7 Å². The van der Waals surface area contributed by atoms with Gasteiger partial charge in [0.1, 0.15) is 11.4 Å². The van der Waals surface area contributed by atoms with E-state index in [4.69, 9.17) is 4.74 Å². The van der Waals surface area contributed by atoms with Gasteiger partial charge in [0.05, 0.1) is 0 Å². The van der Waals surface area contributed by atoms with Crippen molar-refractivity contribution in [2.75, 3.05) is 31.5 Å². The van der Waals surface area contributed by atoms with Gasteiger partial charge in [0.15, 0.2) is 0 Å². The average Bonchev–Trinajstić information content (AvgIpc) is 2.60. The van der Waals surface area contributed by atoms with Gasteiger partial charge in [-0.05, 0) is 39.7 Å². The molecule has 1 N–H and O–H groups in total. The summed E-state index contributed by atoms with van der Waals surface area (Å²) in [6.07, 6.45) is 2.28. The minimum Gasteiger partial charge on any atom is -0.444 e. The molecule has 1 fully saturated rings. The number of ether oxygens (including phenoxy) is 1. The normalized spacial score (nSPS) is 16.1. The number of hydrogen-bond acceptors (Lipinski definition) is 6. The van der Waals surface area contributed by atoms with Gasteiger partial charge in [-0.25, -0.2) is 4.79 Å². The Morgan fingerprint density at radius 2 is 1.81 bits per heavy atom. The molecule has 8 heteroatoms. The lowest BCUT2D eigenvalue weighted by Crippen LogP contribution is -2.50. The van der Waals surface area contributed by atoms with E-state index < -0.39 is 5.60 Å². The van der Waals surface area contributed by atoms with Crippen molar-refractivity contribution in [3.05, 3.63) is 34.0 Å². The number of carbonyl (C=O) groups is 1. The summed E-state index contributed by atoms with van der Waals surface area (Å²) in [5.74, 6) is 1.44. The maximum atomic E-state index is 12.3. The number of aryl methyl sites for hydroxylation is 1. The first-order valence-corrected chi connectivity index (χ1v) is 9.34. The number of nitrogens with one attached hydrogen (secondary N) is 1. The Labute approximate surface area is 160 Å². The molecule has 2 heterocycles. The summed E-state index contributed by atoms with van der Waals surface area (Å²) in [6.45, 7) is 12.3. The van der Waals surface area contributed by atoms with E-state index in [9.17, 15) is 9.59 Å². The van der Waals surface area contributed by atoms with Gasteiger partial charge in [-0.2, -0.15) is 4.98 Å². The molecule has 0 atom stereocenters. The highest BCUT2D eigenvalue weighted by molar-refractivity contribution is 5.68. The zero-order valence-electron chi connectivity index (χ0n) is 17.2. The lowest BCUT2D eigenvalue weighted by atomic mass is 10.2. The van der Waals surface area contributed by atoms with Gasteiger partial charge in [0.25, 0.3) is 5.56 Å². The third kappa shape index (κ3) is 5.74. The summed E-state index contributed by atoms with van der Waals surface area (Å²) in [6, 6.07) is 1.43. The molecule has 1 amide bonds. The minimum absolute atomic E-state index is 0.278. The first-order chi connectivity index (χ1) is 12.6. The zero-order valence-corrected chi connectivity index (χ0v) is 17.2. The quantitative estimate of drug-likeness (QED) is 0.868. The van der Waals surface area contributed by atoms with E-state index >= 15 is 0 Å². The smallest absolute Gasteiger partial charge is 0.410 e. The van der Waals surface area contributed by atoms with E-state index in [1.54, 1.807) is 15.7 Å². The minimum atomic E-state index is -0.497. The summed E-state index contributed by atoms with van der Waals surface area (Å²) in [7, 11) is 1.84. The van der Waals surface area contributed by atoms with E-state index in [1.807, 2.05) is 27.8 Å². The first kappa shape index (κ1) is 20.8. The van der Waals surface area contributed by atoms with E-state index in [-0.39, 0.29) is 11.7 Å². The maximum absolute atomic E-state index is 12.3. The molecular formula is C19H31N5O3. The molecule has 0 aliphatic carbocycles. The third-order valence-corrected chi connectivity index (χ3v) is 4.40. The van der Waals surface area contributed by atoms with Crippen molar-refractivity contribution < 1.29 is 9.53 Å². The largest absolute Gasteiger partial charge is 0.444 e. The molecule has 1 aliphatic heterocycles. The molecule has 27 heavy (non-hydrogen) atoms. The molecule has 0 spiro atoms. The number of anilines is 1. The topological polar surface area (TPSA) is 79.7 Å². The standard InChI is InChI=1S/C19H31N5O3/c1-7-14(2)16(21-17-20-15(25)8-9-22(17)6)23-10-12-24(13-11-23)18(26)27-19(3,4)5/h8-9H,7,10-13H2,1-6H3,(H,20,21,25). The highest BCUT2D eigenvalue weighted by Gasteiger charge is 2.27. The van der Waals surface area contributed by atoms with Crippen molar-refractivity contribution in [3.63, 3.8) is 0 Å². The molecule has 2 rings (SSSR count). The number of piperazine rings is 1. The van der Waals surface area contributed by atoms with Crippen molar-refractivity contribution >= 4 is 12.0 Å². The molecule has 8 nitrogen and oxygen atoms in total. The first-order valence-electron chi connectivity index (χ1n) is 9.34. The number of carbonyl (C=O) groups excluding carboxylic acids is 1. The Balaban J connectivity index is 2.11. The van der Waals surface area contributed by atoms with Crippen LogP contribution in [-0.4, -0.2) is 57.2 Å². The summed E-state index contributed by atoms with van der Waals surface area (Å²) in [5, 5.41) is 3.31. The highest BCUT2D eigenvalue weighted by atomic mass is 16.6. The van der Waals surface area contributed by atoms with Crippen LogP contribution in [0.15, 0.2) is 28.5 Å². The predicted molar refractivity (Wildman–Crippen MR) is 105 cm³/mol. The molecule has 0 saturated carbocycles. The molecule has 1 aromatic heterocycles. The molecular weight excluding hydrogens is 346 g/mol. The van der Waals surface area contributed by atoms with Crippen LogP contribution in [0.2, 0.25) is 0 Å². The van der Waals surface area contributed by atoms with Gasteiger partial charge in [-0.3, -0.25) is 4.79 Å². The van der Waals surface area contributed by atoms with Crippen molar-refractivity contribution in [2.45, 2.75) is 46.6 Å². The third-order valence-electron chi connectivity index (χ3n) is 4.40. The predicted octanol–water partition coefficient (Wildman–Crippen LogP) is 2.39. The Morgan fingerprint density at radius 3 is 2.37 bits per heavy atom. The van der Waals surface area contributed by atoms with Crippen LogP contribution >= 0.6 is 0 Å². The monoisotopic (exact) mass is 377 g/mol. The van der Waals surface area contributed by atoms with Gasteiger partial charge in [0, 0.05) is 45.5 Å². The molecule has 150 valence electrons. The molecule has 0 radical (unpaired) electrons. The van der Waals surface area contributed by atoms with Gasteiger partial charge in [-0.15, -0.1) is 0 Å². The zero-order chi connectivity index (χ0) is 20.2. The van der Waals surface area contributed by atoms with Crippen molar-refractivity contribution in [1.29, 1.82) is 0 Å². The van der Waals surface area contributed by atoms with Gasteiger partial charge >= 0.3 is 6.09 Å². The van der Waals surface area contributed by atoms with Crippen LogP contribution in [0.5, 0.6) is 0 Å². The fourth-order valence-electron chi connectivity index (χ4n) is 2.75. The van der Waals surface area contributed by atoms with Gasteiger partial charge in [0.2, 0.25) is 5.95 Å². The second-order valence-corrected chi connectivity index (χ2v) is 7.76. The lowest BCUT2D eigenvalue weighted by molar-refractivity contribution is 0.0169. The van der Waals surface area contributed by atoms with Crippen LogP contribution in [-0.2, 0) is 11.8 Å². The van der Waals surface area contributed by atoms with Crippen molar-refractivity contribution in [3.8, 4) is 0 Å². The molecule has 0 aromatic carbocycles. The summed E-state index contributed by atoms with van der Waals surface area (Å²) >= 11 is 0. The molecule has 1 aromatic rings. The summed E-state index contributed by atoms with van der Waals surface area (Å²) in [5.41, 5.74) is 0.390. The van der Waals surface area contributed by atoms with Crippen LogP contribution in [0.25, 0.3) is 0 Å². The van der Waals surface area contributed by atoms with Crippen molar-refractivity contribution in [2.24, 2.45) is 7.05 Å². The fourth-order valence-corrected chi connectivity index (χ4v) is 2.75. The number of rotatable bonds is 4. The Bertz CT molecular complexity index is 755. The van der Waals surface area contributed by atoms with E-state index in [2.05, 4.69) is 29.0 Å². The van der Waals surface area contributed by atoms with Gasteiger partial charge in [-0.1, -0.05) is 6.92 Å². The van der Waals surface area contributed by atoms with Crippen LogP contribution in [0.3, 0.4) is 0 Å². The second-order valence-electron chi connectivity index (χ2n) is 7.76. The fraction of sp³-hybridized carbons (Fsp3) is 0.632. The summed E-state index contributed by atoms with van der Waals surface area (Å²) < 4.78 is 7.24. The molecule has 0 bridgehead atoms. The second kappa shape index (κ2) is 8.45. The Hall–Kier alpha value is -2.51. The highest BCUT2D eigenvalue weighted by Crippen LogP contribution is 2.19. The number of aromatic nitrogens is 2. The number of nitrogens with zero attached hydrogens (tertiary/aromatic N) is 4. The summed E-state index contributed by atoms with van der Waals surface area (Å²) in [4.78, 5) is 31.9. The van der Waals surface area contributed by atoms with E-state index in [1.165, 1.54) is 11.6 Å². The van der Waals surface area contributed by atoms with E-state index in [0.29, 0.717) is 32.1 Å². The maximum Gasteiger partial charge on any atom is 0.410 e. The molecule has 1 aliphatic rings. The van der Waals surface area contributed by atoms with E-state index in [0.717, 1.165) is 12.2 Å². The van der Waals surface area contributed by atoms with Crippen LogP contribution < -0.4 is 10.9 Å². The lowest BCUT2D eigenvalue weighted by Gasteiger charge is -2.38. The Morgan fingerprint density at radius 1 is 1.22 bits per heavy atom. The van der Waals surface area contributed by atoms with Crippen molar-refractivity contribution in [1.82, 2.24) is 19.4 Å². The van der Waals surface area contributed by atoms with Crippen LogP contribution in [0.1, 0.15) is 41.0 Å². The number of hydrogen-bond donors (Lipinski definition) is 1. The molecule has 1 saturated heterocycles. The van der Waals surface area contributed by atoms with Crippen LogP contribution in [0, 0.1) is 0 Å². The molecule has 0 unspecified atom stereocenters. The van der Waals surface area contributed by atoms with Gasteiger partial charge < -0.3 is 24.4 Å².